The van der Waals surface area contributed by atoms with Crippen LogP contribution in [0, 0.1) is 0 Å². The summed E-state index contributed by atoms with van der Waals surface area (Å²) in [5, 5.41) is 9.40. The van der Waals surface area contributed by atoms with Gasteiger partial charge in [-0.15, -0.1) is 0 Å². The Balaban J connectivity index is 3.30. The van der Waals surface area contributed by atoms with Crippen LogP contribution >= 0.6 is 22.6 Å². The zero-order valence-corrected chi connectivity index (χ0v) is 5.01. The Morgan fingerprint density at radius 1 is 1.83 bits per heavy atom. The van der Waals surface area contributed by atoms with Crippen molar-refractivity contribution in [2.45, 2.75) is 0 Å². The largest absolute Gasteiger partial charge is 0.545 e. The first-order chi connectivity index (χ1) is 2.77. The molecule has 0 saturated heterocycles. The summed E-state index contributed by atoms with van der Waals surface area (Å²) >= 11 is 1.80. The lowest BCUT2D eigenvalue weighted by atomic mass is 10.7. The Morgan fingerprint density at radius 3 is 2.33 bits per heavy atom. The number of carbonyl (C=O) groups excluding carboxylic acids is 1. The maximum Gasteiger partial charge on any atom is 0.0647 e. The molecule has 34 valence electrons. The Bertz CT molecular complexity index is 76.9. The van der Waals surface area contributed by atoms with Gasteiger partial charge < -0.3 is 9.90 Å². The van der Waals surface area contributed by atoms with Crippen LogP contribution in [0.1, 0.15) is 0 Å². The molecular formula is C3H2IO2-. The van der Waals surface area contributed by atoms with Crippen LogP contribution in [-0.2, 0) is 4.79 Å². The topological polar surface area (TPSA) is 40.1 Å². The fourth-order valence-electron chi connectivity index (χ4n) is 0.0514. The molecule has 0 aliphatic rings. The molecule has 0 unspecified atom stereocenters. The highest BCUT2D eigenvalue weighted by Gasteiger charge is 1.62. The van der Waals surface area contributed by atoms with E-state index in [0.717, 1.165) is 6.08 Å². The van der Waals surface area contributed by atoms with Gasteiger partial charge in [0.2, 0.25) is 0 Å². The van der Waals surface area contributed by atoms with Crippen molar-refractivity contribution in [1.29, 1.82) is 0 Å². The van der Waals surface area contributed by atoms with E-state index < -0.39 is 5.97 Å². The summed E-state index contributed by atoms with van der Waals surface area (Å²) in [6.07, 6.45) is 0.959. The lowest BCUT2D eigenvalue weighted by Gasteiger charge is -1.82. The van der Waals surface area contributed by atoms with Gasteiger partial charge in [0, 0.05) is 0 Å². The predicted molar refractivity (Wildman–Crippen MR) is 28.2 cm³/mol. The number of hydrogen-bond acceptors (Lipinski definition) is 2. The first kappa shape index (κ1) is 5.94. The van der Waals surface area contributed by atoms with Gasteiger partial charge in [0.05, 0.1) is 5.97 Å². The molecule has 0 saturated carbocycles. The predicted octanol–water partition coefficient (Wildman–Crippen LogP) is -0.315. The second kappa shape index (κ2) is 3.14. The van der Waals surface area contributed by atoms with Crippen LogP contribution in [0.4, 0.5) is 0 Å². The summed E-state index contributed by atoms with van der Waals surface area (Å²) in [4.78, 5) is 9.40. The van der Waals surface area contributed by atoms with Gasteiger partial charge in [-0.3, -0.25) is 0 Å². The van der Waals surface area contributed by atoms with Gasteiger partial charge in [-0.25, -0.2) is 0 Å². The van der Waals surface area contributed by atoms with E-state index in [9.17, 15) is 9.90 Å². The van der Waals surface area contributed by atoms with E-state index in [4.69, 9.17) is 0 Å². The van der Waals surface area contributed by atoms with Crippen LogP contribution in [0.2, 0.25) is 0 Å². The lowest BCUT2D eigenvalue weighted by molar-refractivity contribution is -0.297. The molecule has 0 rings (SSSR count). The molecule has 0 spiro atoms. The second-order valence-electron chi connectivity index (χ2n) is 0.612. The zero-order valence-electron chi connectivity index (χ0n) is 2.85. The van der Waals surface area contributed by atoms with E-state index in [0.29, 0.717) is 0 Å². The van der Waals surface area contributed by atoms with Crippen molar-refractivity contribution in [2.75, 3.05) is 0 Å². The quantitative estimate of drug-likeness (QED) is 0.427. The molecule has 0 bridgehead atoms. The molecule has 6 heavy (non-hydrogen) atoms. The van der Waals surface area contributed by atoms with E-state index >= 15 is 0 Å². The van der Waals surface area contributed by atoms with E-state index in [1.165, 1.54) is 4.08 Å². The molecule has 0 aromatic heterocycles. The van der Waals surface area contributed by atoms with Gasteiger partial charge in [-0.05, 0) is 10.2 Å². The summed E-state index contributed by atoms with van der Waals surface area (Å²) in [5.41, 5.74) is 0. The highest BCUT2D eigenvalue weighted by atomic mass is 127. The lowest BCUT2D eigenvalue weighted by Crippen LogP contribution is -2.18. The number of halogens is 1. The average Bonchev–Trinajstić information content (AvgIpc) is 1.35. The molecule has 2 nitrogen and oxygen atoms in total. The molecule has 0 fully saturated rings. The summed E-state index contributed by atoms with van der Waals surface area (Å²) in [6, 6.07) is 0. The van der Waals surface area contributed by atoms with Crippen molar-refractivity contribution in [2.24, 2.45) is 0 Å². The number of aliphatic carboxylic acids is 1. The summed E-state index contributed by atoms with van der Waals surface area (Å²) in [7, 11) is 0. The Labute approximate surface area is 49.0 Å². The average molecular weight is 197 g/mol. The normalized spacial score (nSPS) is 9.50. The third kappa shape index (κ3) is 3.94. The van der Waals surface area contributed by atoms with Crippen LogP contribution in [0.5, 0.6) is 0 Å². The van der Waals surface area contributed by atoms with Crippen LogP contribution in [0.25, 0.3) is 0 Å². The smallest absolute Gasteiger partial charge is 0.0647 e. The maximum absolute atomic E-state index is 9.40. The fraction of sp³-hybridized carbons (Fsp3) is 0. The minimum absolute atomic E-state index is 0.959. The van der Waals surface area contributed by atoms with Crippen molar-refractivity contribution in [3.05, 3.63) is 10.2 Å². The molecule has 3 heteroatoms. The number of carboxylic acid groups (broad SMARTS) is 1. The standard InChI is InChI=1S/C3H3IO2/c4-2-1-3(5)6/h1-2H,(H,5,6)/p-1/b2-1-. The number of carbonyl (C=O) groups is 1. The van der Waals surface area contributed by atoms with Gasteiger partial charge in [0.1, 0.15) is 0 Å². The second-order valence-corrected chi connectivity index (χ2v) is 1.33. The molecule has 0 N–H and O–H groups in total. The summed E-state index contributed by atoms with van der Waals surface area (Å²) in [5.74, 6) is -1.15. The molecule has 0 amide bonds. The van der Waals surface area contributed by atoms with E-state index in [1.807, 2.05) is 0 Å². The minimum atomic E-state index is -1.15. The molecule has 0 aromatic rings. The number of hydrogen-bond donors (Lipinski definition) is 0. The monoisotopic (exact) mass is 197 g/mol. The molecule has 0 atom stereocenters. The minimum Gasteiger partial charge on any atom is -0.545 e. The third-order valence-electron chi connectivity index (χ3n) is 0.199. The van der Waals surface area contributed by atoms with E-state index in [2.05, 4.69) is 0 Å². The van der Waals surface area contributed by atoms with Crippen molar-refractivity contribution >= 4 is 28.6 Å². The van der Waals surface area contributed by atoms with Gasteiger partial charge in [-0.1, -0.05) is 22.6 Å². The maximum atomic E-state index is 9.40. The highest BCUT2D eigenvalue weighted by Crippen LogP contribution is 1.79. The first-order valence-electron chi connectivity index (χ1n) is 1.25. The van der Waals surface area contributed by atoms with Crippen LogP contribution in [0.3, 0.4) is 0 Å². The Kier molecular flexibility index (Phi) is 3.11. The van der Waals surface area contributed by atoms with Crippen molar-refractivity contribution < 1.29 is 9.90 Å². The van der Waals surface area contributed by atoms with Crippen molar-refractivity contribution in [1.82, 2.24) is 0 Å². The van der Waals surface area contributed by atoms with Crippen LogP contribution < -0.4 is 5.11 Å². The van der Waals surface area contributed by atoms with Gasteiger partial charge in [-0.2, -0.15) is 0 Å². The van der Waals surface area contributed by atoms with Gasteiger partial charge in [0.25, 0.3) is 0 Å². The van der Waals surface area contributed by atoms with E-state index in [1.54, 1.807) is 22.6 Å². The highest BCUT2D eigenvalue weighted by molar-refractivity contribution is 14.1. The number of rotatable bonds is 1. The van der Waals surface area contributed by atoms with Crippen LogP contribution in [0.15, 0.2) is 10.2 Å². The van der Waals surface area contributed by atoms with E-state index in [-0.39, 0.29) is 0 Å². The Hall–Kier alpha value is -0.0600. The fourth-order valence-corrected chi connectivity index (χ4v) is 0.345. The summed E-state index contributed by atoms with van der Waals surface area (Å²) in [6.45, 7) is 0. The molecule has 0 radical (unpaired) electrons. The first-order valence-corrected chi connectivity index (χ1v) is 2.49. The van der Waals surface area contributed by atoms with Gasteiger partial charge in [0.15, 0.2) is 0 Å². The Morgan fingerprint density at radius 2 is 2.33 bits per heavy atom. The molecule has 0 aromatic carbocycles. The molecule has 0 heterocycles. The third-order valence-corrected chi connectivity index (χ3v) is 0.559. The van der Waals surface area contributed by atoms with Crippen LogP contribution in [-0.4, -0.2) is 5.97 Å². The van der Waals surface area contributed by atoms with Crippen molar-refractivity contribution in [3.8, 4) is 0 Å². The van der Waals surface area contributed by atoms with Gasteiger partial charge >= 0.3 is 0 Å². The molecule has 0 aliphatic heterocycles. The number of carboxylic acids is 1. The SMILES string of the molecule is O=C([O-])/C=C\I. The summed E-state index contributed by atoms with van der Waals surface area (Å²) < 4.78 is 1.38. The molecule has 0 aliphatic carbocycles. The van der Waals surface area contributed by atoms with Crippen molar-refractivity contribution in [3.63, 3.8) is 0 Å². The molecular weight excluding hydrogens is 195 g/mol. The zero-order chi connectivity index (χ0) is 4.99.